The Balaban J connectivity index is 2.07. The van der Waals surface area contributed by atoms with E-state index in [2.05, 4.69) is 50.4 Å². The largest absolute Gasteiger partial charge is 0.316 e. The summed E-state index contributed by atoms with van der Waals surface area (Å²) >= 11 is 0. The Morgan fingerprint density at radius 2 is 1.79 bits per heavy atom. The Kier molecular flexibility index (Phi) is 5.45. The van der Waals surface area contributed by atoms with Crippen molar-refractivity contribution in [2.24, 2.45) is 11.8 Å². The molecule has 2 rings (SSSR count). The van der Waals surface area contributed by atoms with E-state index in [1.807, 2.05) is 0 Å². The van der Waals surface area contributed by atoms with Gasteiger partial charge >= 0.3 is 0 Å². The van der Waals surface area contributed by atoms with Gasteiger partial charge in [0.2, 0.25) is 0 Å². The van der Waals surface area contributed by atoms with Crippen LogP contribution in [-0.4, -0.2) is 13.1 Å². The highest BCUT2D eigenvalue weighted by atomic mass is 14.9. The van der Waals surface area contributed by atoms with E-state index in [0.717, 1.165) is 24.9 Å². The molecule has 0 saturated heterocycles. The molecule has 1 heteroatoms. The summed E-state index contributed by atoms with van der Waals surface area (Å²) in [6, 6.07) is 8.97. The van der Waals surface area contributed by atoms with Crippen LogP contribution in [0.25, 0.3) is 0 Å². The molecular weight excluding hydrogens is 230 g/mol. The molecule has 0 heterocycles. The van der Waals surface area contributed by atoms with Crippen molar-refractivity contribution in [1.82, 2.24) is 5.32 Å². The fourth-order valence-corrected chi connectivity index (χ4v) is 3.42. The molecule has 0 aliphatic heterocycles. The monoisotopic (exact) mass is 259 g/mol. The molecule has 1 N–H and O–H groups in total. The first-order valence-corrected chi connectivity index (χ1v) is 7.94. The number of rotatable bonds is 6. The van der Waals surface area contributed by atoms with Gasteiger partial charge in [0, 0.05) is 6.54 Å². The molecule has 1 aliphatic rings. The van der Waals surface area contributed by atoms with Crippen molar-refractivity contribution < 1.29 is 0 Å². The molecule has 0 bridgehead atoms. The summed E-state index contributed by atoms with van der Waals surface area (Å²) in [6.45, 7) is 9.11. The van der Waals surface area contributed by atoms with E-state index in [1.165, 1.54) is 31.2 Å². The van der Waals surface area contributed by atoms with Gasteiger partial charge in [0.25, 0.3) is 0 Å². The summed E-state index contributed by atoms with van der Waals surface area (Å²) in [4.78, 5) is 0. The van der Waals surface area contributed by atoms with E-state index in [-0.39, 0.29) is 0 Å². The summed E-state index contributed by atoms with van der Waals surface area (Å²) < 4.78 is 0. The van der Waals surface area contributed by atoms with Crippen LogP contribution in [0.1, 0.15) is 56.6 Å². The number of nitrogens with one attached hydrogen (secondary N) is 1. The van der Waals surface area contributed by atoms with Gasteiger partial charge in [0.05, 0.1) is 0 Å². The van der Waals surface area contributed by atoms with Gasteiger partial charge in [-0.2, -0.15) is 0 Å². The molecule has 1 unspecified atom stereocenters. The smallest absolute Gasteiger partial charge is 0.00230 e. The molecule has 1 atom stereocenters. The number of hydrogen-bond acceptors (Lipinski definition) is 1. The Labute approximate surface area is 118 Å². The van der Waals surface area contributed by atoms with Crippen molar-refractivity contribution in [3.05, 3.63) is 35.4 Å². The van der Waals surface area contributed by atoms with E-state index in [9.17, 15) is 0 Å². The third-order valence-corrected chi connectivity index (χ3v) is 4.47. The summed E-state index contributed by atoms with van der Waals surface area (Å²) in [6.07, 6.45) is 5.69. The second kappa shape index (κ2) is 7.09. The average Bonchev–Trinajstić information content (AvgIpc) is 2.89. The van der Waals surface area contributed by atoms with Crippen LogP contribution < -0.4 is 5.32 Å². The van der Waals surface area contributed by atoms with Gasteiger partial charge in [-0.05, 0) is 55.2 Å². The molecule has 0 radical (unpaired) electrons. The zero-order chi connectivity index (χ0) is 13.7. The van der Waals surface area contributed by atoms with Crippen LogP contribution in [0.3, 0.4) is 0 Å². The number of hydrogen-bond donors (Lipinski definition) is 1. The Morgan fingerprint density at radius 1 is 1.11 bits per heavy atom. The van der Waals surface area contributed by atoms with Crippen LogP contribution in [0.2, 0.25) is 0 Å². The van der Waals surface area contributed by atoms with E-state index in [1.54, 1.807) is 5.56 Å². The minimum Gasteiger partial charge on any atom is -0.316 e. The first kappa shape index (κ1) is 14.6. The lowest BCUT2D eigenvalue weighted by Crippen LogP contribution is -2.29. The lowest BCUT2D eigenvalue weighted by atomic mass is 9.82. The fourth-order valence-electron chi connectivity index (χ4n) is 3.42. The molecule has 0 spiro atoms. The topological polar surface area (TPSA) is 12.0 Å². The summed E-state index contributed by atoms with van der Waals surface area (Å²) in [5.41, 5.74) is 3.04. The highest BCUT2D eigenvalue weighted by molar-refractivity contribution is 5.30. The maximum absolute atomic E-state index is 3.69. The molecule has 1 fully saturated rings. The highest BCUT2D eigenvalue weighted by Crippen LogP contribution is 2.38. The summed E-state index contributed by atoms with van der Waals surface area (Å²) in [5, 5.41) is 3.69. The van der Waals surface area contributed by atoms with Crippen molar-refractivity contribution in [1.29, 1.82) is 0 Å². The van der Waals surface area contributed by atoms with Crippen LogP contribution in [0.5, 0.6) is 0 Å². The molecule has 19 heavy (non-hydrogen) atoms. The Hall–Kier alpha value is -0.820. The van der Waals surface area contributed by atoms with E-state index in [0.29, 0.717) is 5.92 Å². The molecule has 1 saturated carbocycles. The maximum Gasteiger partial charge on any atom is 0.00230 e. The van der Waals surface area contributed by atoms with E-state index < -0.39 is 0 Å². The van der Waals surface area contributed by atoms with E-state index in [4.69, 9.17) is 0 Å². The maximum atomic E-state index is 3.69. The number of aryl methyl sites for hydroxylation is 1. The highest BCUT2D eigenvalue weighted by Gasteiger charge is 2.26. The zero-order valence-electron chi connectivity index (χ0n) is 12.8. The van der Waals surface area contributed by atoms with E-state index >= 15 is 0 Å². The minimum atomic E-state index is 0.711. The lowest BCUT2D eigenvalue weighted by Gasteiger charge is -2.26. The first-order valence-electron chi connectivity index (χ1n) is 7.94. The van der Waals surface area contributed by atoms with Gasteiger partial charge in [-0.3, -0.25) is 0 Å². The SMILES string of the molecule is Cc1ccccc1C(CNCC(C)C)C1CCCC1. The van der Waals surface area contributed by atoms with Crippen molar-refractivity contribution in [3.8, 4) is 0 Å². The quantitative estimate of drug-likeness (QED) is 0.792. The van der Waals surface area contributed by atoms with Gasteiger partial charge in [0.15, 0.2) is 0 Å². The van der Waals surface area contributed by atoms with Crippen LogP contribution in [0.15, 0.2) is 24.3 Å². The van der Waals surface area contributed by atoms with Crippen molar-refractivity contribution in [2.45, 2.75) is 52.4 Å². The van der Waals surface area contributed by atoms with Gasteiger partial charge in [-0.25, -0.2) is 0 Å². The molecule has 1 aromatic carbocycles. The zero-order valence-corrected chi connectivity index (χ0v) is 12.8. The standard InChI is InChI=1S/C18H29N/c1-14(2)12-19-13-18(16-9-5-6-10-16)17-11-7-4-8-15(17)3/h4,7-8,11,14,16,18-19H,5-6,9-10,12-13H2,1-3H3. The minimum absolute atomic E-state index is 0.711. The Morgan fingerprint density at radius 3 is 2.42 bits per heavy atom. The number of benzene rings is 1. The van der Waals surface area contributed by atoms with Gasteiger partial charge in [-0.15, -0.1) is 0 Å². The van der Waals surface area contributed by atoms with Crippen LogP contribution in [0.4, 0.5) is 0 Å². The fraction of sp³-hybridized carbons (Fsp3) is 0.667. The van der Waals surface area contributed by atoms with Crippen LogP contribution >= 0.6 is 0 Å². The van der Waals surface area contributed by atoms with Gasteiger partial charge in [-0.1, -0.05) is 51.0 Å². The second-order valence-corrected chi connectivity index (χ2v) is 6.56. The average molecular weight is 259 g/mol. The predicted molar refractivity (Wildman–Crippen MR) is 83.6 cm³/mol. The molecule has 0 aromatic heterocycles. The molecule has 1 nitrogen and oxygen atoms in total. The third-order valence-electron chi connectivity index (χ3n) is 4.47. The molecule has 1 aromatic rings. The van der Waals surface area contributed by atoms with Gasteiger partial charge in [0.1, 0.15) is 0 Å². The van der Waals surface area contributed by atoms with Gasteiger partial charge < -0.3 is 5.32 Å². The first-order chi connectivity index (χ1) is 9.18. The van der Waals surface area contributed by atoms with Crippen molar-refractivity contribution in [2.75, 3.05) is 13.1 Å². The molecule has 1 aliphatic carbocycles. The second-order valence-electron chi connectivity index (χ2n) is 6.56. The molecule has 0 amide bonds. The molecular formula is C18H29N. The Bertz CT molecular complexity index is 377. The summed E-state index contributed by atoms with van der Waals surface area (Å²) in [7, 11) is 0. The molecule has 106 valence electrons. The van der Waals surface area contributed by atoms with Crippen molar-refractivity contribution in [3.63, 3.8) is 0 Å². The van der Waals surface area contributed by atoms with Crippen LogP contribution in [-0.2, 0) is 0 Å². The lowest BCUT2D eigenvalue weighted by molar-refractivity contribution is 0.399. The third kappa shape index (κ3) is 4.07. The normalized spacial score (nSPS) is 18.1. The van der Waals surface area contributed by atoms with Crippen molar-refractivity contribution >= 4 is 0 Å². The summed E-state index contributed by atoms with van der Waals surface area (Å²) in [5.74, 6) is 2.34. The van der Waals surface area contributed by atoms with Crippen LogP contribution in [0, 0.1) is 18.8 Å². The predicted octanol–water partition coefficient (Wildman–Crippen LogP) is 4.51.